The van der Waals surface area contributed by atoms with Gasteiger partial charge in [0.25, 0.3) is 0 Å². The topological polar surface area (TPSA) is 36.4 Å². The number of hydrogen-bond acceptors (Lipinski definition) is 4. The Hall–Kier alpha value is -1.39. The second-order valence-electron chi connectivity index (χ2n) is 4.71. The van der Waals surface area contributed by atoms with Gasteiger partial charge in [0.1, 0.15) is 0 Å². The highest BCUT2D eigenvalue weighted by atomic mass is 32.1. The summed E-state index contributed by atoms with van der Waals surface area (Å²) in [7, 11) is 0. The van der Waals surface area contributed by atoms with Gasteiger partial charge in [-0.3, -0.25) is 0 Å². The van der Waals surface area contributed by atoms with E-state index in [4.69, 9.17) is 0 Å². The van der Waals surface area contributed by atoms with Crippen molar-refractivity contribution in [3.05, 3.63) is 40.4 Å². The minimum absolute atomic E-state index is 0.456. The smallest absolute Gasteiger partial charge is 0.190 e. The predicted molar refractivity (Wildman–Crippen MR) is 81.3 cm³/mol. The molecule has 0 aliphatic carbocycles. The van der Waals surface area contributed by atoms with Gasteiger partial charge in [-0.15, -0.1) is 0 Å². The van der Waals surface area contributed by atoms with Gasteiger partial charge in [-0.2, -0.15) is 0 Å². The van der Waals surface area contributed by atoms with E-state index < -0.39 is 6.10 Å². The summed E-state index contributed by atoms with van der Waals surface area (Å²) in [5, 5.41) is 10.7. The van der Waals surface area contributed by atoms with Crippen molar-refractivity contribution < 1.29 is 5.11 Å². The Balaban J connectivity index is 2.40. The minimum atomic E-state index is -0.456. The second kappa shape index (κ2) is 5.72. The summed E-state index contributed by atoms with van der Waals surface area (Å²) in [5.41, 5.74) is 3.30. The standard InChI is InChI=1S/C15H20N2OS/c1-5-17(13-8-6-7-10(2)9-13)15-16-11(3)14(19-15)12(4)18/h6-9,12,18H,5H2,1-4H3. The van der Waals surface area contributed by atoms with Crippen LogP contribution in [0.1, 0.15) is 36.1 Å². The molecule has 1 aromatic carbocycles. The van der Waals surface area contributed by atoms with Crippen molar-refractivity contribution in [3.8, 4) is 0 Å². The quantitative estimate of drug-likeness (QED) is 0.918. The van der Waals surface area contributed by atoms with Crippen molar-refractivity contribution in [1.29, 1.82) is 0 Å². The van der Waals surface area contributed by atoms with Crippen LogP contribution in [0.25, 0.3) is 0 Å². The first-order valence-electron chi connectivity index (χ1n) is 6.52. The molecule has 1 aromatic heterocycles. The van der Waals surface area contributed by atoms with Crippen molar-refractivity contribution >= 4 is 22.2 Å². The van der Waals surface area contributed by atoms with Gasteiger partial charge in [-0.1, -0.05) is 23.5 Å². The summed E-state index contributed by atoms with van der Waals surface area (Å²) >= 11 is 1.57. The number of aromatic nitrogens is 1. The highest BCUT2D eigenvalue weighted by Gasteiger charge is 2.17. The van der Waals surface area contributed by atoms with Crippen molar-refractivity contribution in [2.45, 2.75) is 33.8 Å². The van der Waals surface area contributed by atoms with Crippen LogP contribution < -0.4 is 4.90 Å². The summed E-state index contributed by atoms with van der Waals surface area (Å²) in [5.74, 6) is 0. The van der Waals surface area contributed by atoms with Crippen LogP contribution in [0.4, 0.5) is 10.8 Å². The largest absolute Gasteiger partial charge is 0.388 e. The number of thiazole rings is 1. The highest BCUT2D eigenvalue weighted by molar-refractivity contribution is 7.15. The van der Waals surface area contributed by atoms with Crippen molar-refractivity contribution in [1.82, 2.24) is 4.98 Å². The first-order chi connectivity index (χ1) is 9.02. The zero-order valence-corrected chi connectivity index (χ0v) is 12.7. The molecule has 1 atom stereocenters. The van der Waals surface area contributed by atoms with Crippen molar-refractivity contribution in [3.63, 3.8) is 0 Å². The Bertz CT molecular complexity index is 563. The average molecular weight is 276 g/mol. The van der Waals surface area contributed by atoms with E-state index in [1.165, 1.54) is 5.56 Å². The number of rotatable bonds is 4. The van der Waals surface area contributed by atoms with Crippen LogP contribution in [0.3, 0.4) is 0 Å². The third kappa shape index (κ3) is 2.96. The Morgan fingerprint density at radius 3 is 2.63 bits per heavy atom. The Morgan fingerprint density at radius 2 is 2.11 bits per heavy atom. The van der Waals surface area contributed by atoms with E-state index in [2.05, 4.69) is 48.0 Å². The maximum Gasteiger partial charge on any atom is 0.190 e. The number of anilines is 2. The molecule has 1 unspecified atom stereocenters. The summed E-state index contributed by atoms with van der Waals surface area (Å²) in [6.07, 6.45) is -0.456. The summed E-state index contributed by atoms with van der Waals surface area (Å²) < 4.78 is 0. The Labute approximate surface area is 118 Å². The molecule has 19 heavy (non-hydrogen) atoms. The number of aryl methyl sites for hydroxylation is 2. The number of nitrogens with zero attached hydrogens (tertiary/aromatic N) is 2. The summed E-state index contributed by atoms with van der Waals surface area (Å²) in [6.45, 7) is 8.79. The van der Waals surface area contributed by atoms with Gasteiger partial charge in [0.2, 0.25) is 0 Å². The molecular weight excluding hydrogens is 256 g/mol. The molecule has 102 valence electrons. The van der Waals surface area contributed by atoms with Crippen LogP contribution in [-0.4, -0.2) is 16.6 Å². The van der Waals surface area contributed by atoms with E-state index >= 15 is 0 Å². The molecule has 2 rings (SSSR count). The molecule has 0 bridgehead atoms. The fourth-order valence-corrected chi connectivity index (χ4v) is 3.21. The van der Waals surface area contributed by atoms with Crippen LogP contribution in [0.5, 0.6) is 0 Å². The molecule has 0 spiro atoms. The molecule has 4 heteroatoms. The number of aliphatic hydroxyl groups excluding tert-OH is 1. The van der Waals surface area contributed by atoms with Gasteiger partial charge in [-0.05, 0) is 45.4 Å². The molecule has 0 aliphatic heterocycles. The van der Waals surface area contributed by atoms with Crippen LogP contribution in [0.15, 0.2) is 24.3 Å². The molecule has 0 aliphatic rings. The molecule has 3 nitrogen and oxygen atoms in total. The third-order valence-corrected chi connectivity index (χ3v) is 4.41. The molecular formula is C15H20N2OS. The molecule has 2 aromatic rings. The van der Waals surface area contributed by atoms with E-state index in [0.717, 1.165) is 27.9 Å². The van der Waals surface area contributed by atoms with E-state index in [1.807, 2.05) is 6.92 Å². The lowest BCUT2D eigenvalue weighted by Crippen LogP contribution is -2.15. The number of hydrogen-bond donors (Lipinski definition) is 1. The SMILES string of the molecule is CCN(c1cccc(C)c1)c1nc(C)c(C(C)O)s1. The second-order valence-corrected chi connectivity index (χ2v) is 5.71. The highest BCUT2D eigenvalue weighted by Crippen LogP contribution is 2.34. The van der Waals surface area contributed by atoms with Crippen LogP contribution >= 0.6 is 11.3 Å². The van der Waals surface area contributed by atoms with Gasteiger partial charge >= 0.3 is 0 Å². The van der Waals surface area contributed by atoms with Crippen LogP contribution in [0.2, 0.25) is 0 Å². The van der Waals surface area contributed by atoms with Gasteiger partial charge < -0.3 is 10.0 Å². The maximum atomic E-state index is 9.74. The minimum Gasteiger partial charge on any atom is -0.388 e. The lowest BCUT2D eigenvalue weighted by atomic mass is 10.2. The molecule has 0 radical (unpaired) electrons. The summed E-state index contributed by atoms with van der Waals surface area (Å²) in [4.78, 5) is 7.72. The van der Waals surface area contributed by atoms with Gasteiger partial charge in [0.15, 0.2) is 5.13 Å². The van der Waals surface area contributed by atoms with Gasteiger partial charge in [0.05, 0.1) is 16.7 Å². The maximum absolute atomic E-state index is 9.74. The average Bonchev–Trinajstić information content (AvgIpc) is 2.72. The van der Waals surface area contributed by atoms with Crippen LogP contribution in [0, 0.1) is 13.8 Å². The number of aliphatic hydroxyl groups is 1. The Morgan fingerprint density at radius 1 is 1.37 bits per heavy atom. The lowest BCUT2D eigenvalue weighted by Gasteiger charge is -2.20. The zero-order chi connectivity index (χ0) is 14.0. The van der Waals surface area contributed by atoms with Gasteiger partial charge in [0, 0.05) is 12.2 Å². The van der Waals surface area contributed by atoms with Crippen molar-refractivity contribution in [2.75, 3.05) is 11.4 Å². The van der Waals surface area contributed by atoms with E-state index in [9.17, 15) is 5.11 Å². The van der Waals surface area contributed by atoms with E-state index in [1.54, 1.807) is 18.3 Å². The van der Waals surface area contributed by atoms with E-state index in [-0.39, 0.29) is 0 Å². The first kappa shape index (κ1) is 14.0. The normalized spacial score (nSPS) is 12.5. The monoisotopic (exact) mass is 276 g/mol. The molecule has 1 heterocycles. The van der Waals surface area contributed by atoms with E-state index in [0.29, 0.717) is 0 Å². The fraction of sp³-hybridized carbons (Fsp3) is 0.400. The van der Waals surface area contributed by atoms with Crippen LogP contribution in [-0.2, 0) is 0 Å². The third-order valence-electron chi connectivity index (χ3n) is 3.06. The lowest BCUT2D eigenvalue weighted by molar-refractivity contribution is 0.202. The molecule has 0 fully saturated rings. The molecule has 0 saturated carbocycles. The Kier molecular flexibility index (Phi) is 4.22. The molecule has 0 saturated heterocycles. The molecule has 1 N–H and O–H groups in total. The first-order valence-corrected chi connectivity index (χ1v) is 7.34. The summed E-state index contributed by atoms with van der Waals surface area (Å²) in [6, 6.07) is 8.40. The van der Waals surface area contributed by atoms with Crippen molar-refractivity contribution in [2.24, 2.45) is 0 Å². The predicted octanol–water partition coefficient (Wildman–Crippen LogP) is 3.97. The zero-order valence-electron chi connectivity index (χ0n) is 11.8. The fourth-order valence-electron chi connectivity index (χ4n) is 2.12. The molecule has 0 amide bonds. The number of benzene rings is 1. The van der Waals surface area contributed by atoms with Gasteiger partial charge in [-0.25, -0.2) is 4.98 Å².